The van der Waals surface area contributed by atoms with Crippen LogP contribution in [0.4, 0.5) is 11.5 Å². The monoisotopic (exact) mass is 335 g/mol. The molecular formula is C20H21N3O2. The van der Waals surface area contributed by atoms with E-state index >= 15 is 0 Å². The van der Waals surface area contributed by atoms with Gasteiger partial charge in [0.2, 0.25) is 0 Å². The number of ether oxygens (including phenoxy) is 2. The Bertz CT molecular complexity index is 923. The van der Waals surface area contributed by atoms with Crippen molar-refractivity contribution in [2.75, 3.05) is 25.7 Å². The molecule has 0 radical (unpaired) electrons. The van der Waals surface area contributed by atoms with Crippen LogP contribution in [-0.4, -0.2) is 19.2 Å². The van der Waals surface area contributed by atoms with Crippen molar-refractivity contribution in [1.82, 2.24) is 4.98 Å². The van der Waals surface area contributed by atoms with Crippen molar-refractivity contribution in [2.24, 2.45) is 0 Å². The number of rotatable bonds is 4. The molecule has 1 aromatic heterocycles. The molecule has 0 spiro atoms. The van der Waals surface area contributed by atoms with Gasteiger partial charge in [-0.25, -0.2) is 4.98 Å². The van der Waals surface area contributed by atoms with E-state index in [1.807, 2.05) is 49.4 Å². The molecule has 3 rings (SSSR count). The van der Waals surface area contributed by atoms with E-state index in [0.717, 1.165) is 33.5 Å². The first kappa shape index (κ1) is 16.6. The van der Waals surface area contributed by atoms with Crippen molar-refractivity contribution in [2.45, 2.75) is 6.92 Å². The zero-order valence-corrected chi connectivity index (χ0v) is 14.5. The van der Waals surface area contributed by atoms with Gasteiger partial charge in [0.25, 0.3) is 0 Å². The molecule has 2 aromatic carbocycles. The van der Waals surface area contributed by atoms with Gasteiger partial charge in [0.15, 0.2) is 11.5 Å². The Hall–Kier alpha value is -3.21. The third-order valence-corrected chi connectivity index (χ3v) is 4.18. The average Bonchev–Trinajstić information content (AvgIpc) is 2.62. The Morgan fingerprint density at radius 1 is 0.800 bits per heavy atom. The summed E-state index contributed by atoms with van der Waals surface area (Å²) in [5.74, 6) is 1.84. The van der Waals surface area contributed by atoms with Gasteiger partial charge in [-0.1, -0.05) is 12.1 Å². The van der Waals surface area contributed by atoms with E-state index in [9.17, 15) is 0 Å². The first-order valence-corrected chi connectivity index (χ1v) is 7.88. The van der Waals surface area contributed by atoms with Gasteiger partial charge in [0.05, 0.1) is 14.2 Å². The second-order valence-corrected chi connectivity index (χ2v) is 5.80. The van der Waals surface area contributed by atoms with Gasteiger partial charge in [-0.3, -0.25) is 0 Å². The zero-order chi connectivity index (χ0) is 18.0. The molecule has 0 saturated heterocycles. The van der Waals surface area contributed by atoms with E-state index in [1.165, 1.54) is 0 Å². The molecule has 5 heteroatoms. The molecule has 0 atom stereocenters. The molecule has 0 aliphatic heterocycles. The van der Waals surface area contributed by atoms with Crippen molar-refractivity contribution in [1.29, 1.82) is 0 Å². The molecule has 0 saturated carbocycles. The van der Waals surface area contributed by atoms with Gasteiger partial charge in [-0.2, -0.15) is 0 Å². The predicted octanol–water partition coefficient (Wildman–Crippen LogP) is 3.91. The molecule has 0 aliphatic rings. The molecule has 25 heavy (non-hydrogen) atoms. The van der Waals surface area contributed by atoms with Crippen LogP contribution in [0, 0.1) is 6.92 Å². The molecule has 1 heterocycles. The minimum absolute atomic E-state index is 0.483. The molecular weight excluding hydrogens is 314 g/mol. The minimum Gasteiger partial charge on any atom is -0.493 e. The summed E-state index contributed by atoms with van der Waals surface area (Å²) in [4.78, 5) is 4.37. The number of methoxy groups -OCH3 is 2. The normalized spacial score (nSPS) is 10.5. The highest BCUT2D eigenvalue weighted by Gasteiger charge is 2.11. The standard InChI is InChI=1S/C20H21N3O2/c1-12-8-15(21)5-6-16(12)17-9-14(11-23-20(17)22)13-4-7-18(24-2)19(10-13)25-3/h4-11H,21H2,1-3H3,(H2,22,23). The van der Waals surface area contributed by atoms with Crippen LogP contribution in [0.25, 0.3) is 22.3 Å². The lowest BCUT2D eigenvalue weighted by Crippen LogP contribution is -1.97. The Morgan fingerprint density at radius 3 is 2.24 bits per heavy atom. The SMILES string of the molecule is COc1ccc(-c2cnc(N)c(-c3ccc(N)cc3C)c2)cc1OC. The largest absolute Gasteiger partial charge is 0.493 e. The molecule has 4 N–H and O–H groups in total. The van der Waals surface area contributed by atoms with Gasteiger partial charge in [-0.05, 0) is 53.9 Å². The van der Waals surface area contributed by atoms with Crippen molar-refractivity contribution >= 4 is 11.5 Å². The third-order valence-electron chi connectivity index (χ3n) is 4.18. The summed E-state index contributed by atoms with van der Waals surface area (Å²) in [6.07, 6.45) is 1.76. The van der Waals surface area contributed by atoms with Crippen molar-refractivity contribution in [3.63, 3.8) is 0 Å². The first-order chi connectivity index (χ1) is 12.0. The van der Waals surface area contributed by atoms with Crippen LogP contribution < -0.4 is 20.9 Å². The lowest BCUT2D eigenvalue weighted by atomic mass is 9.97. The summed E-state index contributed by atoms with van der Waals surface area (Å²) in [6.45, 7) is 2.01. The van der Waals surface area contributed by atoms with Gasteiger partial charge in [0, 0.05) is 23.0 Å². The van der Waals surface area contributed by atoms with Crippen LogP contribution in [0.15, 0.2) is 48.7 Å². The second-order valence-electron chi connectivity index (χ2n) is 5.80. The van der Waals surface area contributed by atoms with Crippen molar-refractivity contribution in [3.8, 4) is 33.8 Å². The number of hydrogen-bond donors (Lipinski definition) is 2. The molecule has 5 nitrogen and oxygen atoms in total. The molecule has 0 amide bonds. The predicted molar refractivity (Wildman–Crippen MR) is 102 cm³/mol. The van der Waals surface area contributed by atoms with Crippen molar-refractivity contribution < 1.29 is 9.47 Å². The highest BCUT2D eigenvalue weighted by atomic mass is 16.5. The van der Waals surface area contributed by atoms with Crippen LogP contribution in [0.5, 0.6) is 11.5 Å². The van der Waals surface area contributed by atoms with E-state index in [2.05, 4.69) is 4.98 Å². The number of anilines is 2. The quantitative estimate of drug-likeness (QED) is 0.706. The Balaban J connectivity index is 2.11. The maximum absolute atomic E-state index is 6.12. The summed E-state index contributed by atoms with van der Waals surface area (Å²) >= 11 is 0. The number of nitrogens with zero attached hydrogens (tertiary/aromatic N) is 1. The maximum atomic E-state index is 6.12. The summed E-state index contributed by atoms with van der Waals surface area (Å²) < 4.78 is 10.7. The topological polar surface area (TPSA) is 83.4 Å². The van der Waals surface area contributed by atoms with E-state index in [1.54, 1.807) is 20.4 Å². The van der Waals surface area contributed by atoms with E-state index in [-0.39, 0.29) is 0 Å². The zero-order valence-electron chi connectivity index (χ0n) is 14.5. The first-order valence-electron chi connectivity index (χ1n) is 7.88. The van der Waals surface area contributed by atoms with Gasteiger partial charge in [0.1, 0.15) is 5.82 Å². The highest BCUT2D eigenvalue weighted by Crippen LogP contribution is 2.35. The third kappa shape index (κ3) is 3.21. The molecule has 0 fully saturated rings. The van der Waals surface area contributed by atoms with Crippen LogP contribution in [0.3, 0.4) is 0 Å². The number of benzene rings is 2. The fourth-order valence-corrected chi connectivity index (χ4v) is 2.85. The molecule has 0 aliphatic carbocycles. The number of aromatic nitrogens is 1. The van der Waals surface area contributed by atoms with E-state index in [0.29, 0.717) is 17.3 Å². The van der Waals surface area contributed by atoms with Crippen LogP contribution >= 0.6 is 0 Å². The van der Waals surface area contributed by atoms with Gasteiger partial charge < -0.3 is 20.9 Å². The lowest BCUT2D eigenvalue weighted by Gasteiger charge is -2.13. The summed E-state index contributed by atoms with van der Waals surface area (Å²) in [5, 5.41) is 0. The molecule has 0 unspecified atom stereocenters. The van der Waals surface area contributed by atoms with E-state index < -0.39 is 0 Å². The van der Waals surface area contributed by atoms with Gasteiger partial charge in [-0.15, -0.1) is 0 Å². The fraction of sp³-hybridized carbons (Fsp3) is 0.150. The fourth-order valence-electron chi connectivity index (χ4n) is 2.85. The molecule has 3 aromatic rings. The highest BCUT2D eigenvalue weighted by molar-refractivity contribution is 5.82. The van der Waals surface area contributed by atoms with Crippen LogP contribution in [0.1, 0.15) is 5.56 Å². The maximum Gasteiger partial charge on any atom is 0.161 e. The summed E-state index contributed by atoms with van der Waals surface area (Å²) in [7, 11) is 3.23. The Labute approximate surface area is 147 Å². The minimum atomic E-state index is 0.483. The van der Waals surface area contributed by atoms with Gasteiger partial charge >= 0.3 is 0 Å². The number of nitrogen functional groups attached to an aromatic ring is 2. The Kier molecular flexibility index (Phi) is 4.48. The second kappa shape index (κ2) is 6.73. The molecule has 0 bridgehead atoms. The number of nitrogens with two attached hydrogens (primary N) is 2. The number of hydrogen-bond acceptors (Lipinski definition) is 5. The molecule has 128 valence electrons. The number of aryl methyl sites for hydroxylation is 1. The summed E-state index contributed by atoms with van der Waals surface area (Å²) in [5.41, 5.74) is 17.6. The number of pyridine rings is 1. The van der Waals surface area contributed by atoms with Crippen LogP contribution in [-0.2, 0) is 0 Å². The van der Waals surface area contributed by atoms with Crippen molar-refractivity contribution in [3.05, 3.63) is 54.2 Å². The summed E-state index contributed by atoms with van der Waals surface area (Å²) in [6, 6.07) is 13.6. The lowest BCUT2D eigenvalue weighted by molar-refractivity contribution is 0.355. The smallest absolute Gasteiger partial charge is 0.161 e. The van der Waals surface area contributed by atoms with E-state index in [4.69, 9.17) is 20.9 Å². The van der Waals surface area contributed by atoms with Crippen LogP contribution in [0.2, 0.25) is 0 Å². The average molecular weight is 335 g/mol. The Morgan fingerprint density at radius 2 is 1.56 bits per heavy atom.